The summed E-state index contributed by atoms with van der Waals surface area (Å²) >= 11 is 0. The number of rotatable bonds is 7. The molecule has 1 aromatic heterocycles. The zero-order chi connectivity index (χ0) is 39.7. The smallest absolute Gasteiger partial charge is 0.238 e. The fourth-order valence-electron chi connectivity index (χ4n) is 10.3. The van der Waals surface area contributed by atoms with E-state index in [0.29, 0.717) is 51.6 Å². The number of hydrogen-bond acceptors (Lipinski definition) is 8. The molecule has 6 unspecified atom stereocenters. The molecule has 9 nitrogen and oxygen atoms in total. The molecule has 5 aromatic carbocycles. The number of phenols is 1. The molecule has 2 fully saturated rings. The molecule has 10 rings (SSSR count). The molecular weight excluding hydrogens is 729 g/mol. The van der Waals surface area contributed by atoms with Crippen LogP contribution in [0.15, 0.2) is 150 Å². The number of para-hydroxylation sites is 3. The van der Waals surface area contributed by atoms with Crippen LogP contribution in [0.3, 0.4) is 0 Å². The summed E-state index contributed by atoms with van der Waals surface area (Å²) in [6.45, 7) is 2.12. The van der Waals surface area contributed by atoms with Gasteiger partial charge in [0.1, 0.15) is 5.52 Å². The van der Waals surface area contributed by atoms with Crippen LogP contribution in [0.25, 0.3) is 28.1 Å². The van der Waals surface area contributed by atoms with Crippen molar-refractivity contribution >= 4 is 45.7 Å². The van der Waals surface area contributed by atoms with E-state index in [4.69, 9.17) is 9.15 Å². The average Bonchev–Trinajstić information content (AvgIpc) is 3.81. The number of phenolic OH excluding ortho intramolecular Hbond substituents is 1. The Bertz CT molecular complexity index is 2680. The molecule has 0 bridgehead atoms. The van der Waals surface area contributed by atoms with Crippen LogP contribution in [0.4, 0.5) is 5.69 Å². The molecule has 286 valence electrons. The minimum Gasteiger partial charge on any atom is -0.504 e. The number of benzene rings is 5. The van der Waals surface area contributed by atoms with Crippen molar-refractivity contribution in [1.29, 1.82) is 0 Å². The van der Waals surface area contributed by atoms with Gasteiger partial charge in [0, 0.05) is 28.5 Å². The standard InChI is InChI=1S/C49H38N2O7/c1-2-57-40-19-11-16-34(45(40)54)43-32-24-25-33-42(48(56)51(47(33)55)31-22-20-29(21-23-31)46-50-38-17-9-10-18-39(38)58-46)36(32)26-37-44(53)35(28-12-5-3-6-13-28)27-41(52)49(37,43)30-14-7-4-8-15-30/h3-24,27,33,36-37,42-43,54H,2,25-26H2,1H3. The lowest BCUT2D eigenvalue weighted by Crippen LogP contribution is -2.58. The highest BCUT2D eigenvalue weighted by Crippen LogP contribution is 2.65. The number of amides is 2. The van der Waals surface area contributed by atoms with E-state index in [9.17, 15) is 14.7 Å². The van der Waals surface area contributed by atoms with E-state index < -0.39 is 35.0 Å². The molecule has 2 amide bonds. The third-order valence-electron chi connectivity index (χ3n) is 12.7. The second kappa shape index (κ2) is 13.7. The van der Waals surface area contributed by atoms with Crippen LogP contribution < -0.4 is 9.64 Å². The van der Waals surface area contributed by atoms with Crippen molar-refractivity contribution in [3.63, 3.8) is 0 Å². The second-order valence-corrected chi connectivity index (χ2v) is 15.5. The Morgan fingerprint density at radius 3 is 2.26 bits per heavy atom. The highest BCUT2D eigenvalue weighted by molar-refractivity contribution is 6.32. The first-order valence-electron chi connectivity index (χ1n) is 19.7. The van der Waals surface area contributed by atoms with Gasteiger partial charge in [-0.15, -0.1) is 0 Å². The van der Waals surface area contributed by atoms with Gasteiger partial charge < -0.3 is 14.3 Å². The van der Waals surface area contributed by atoms with Gasteiger partial charge >= 0.3 is 0 Å². The zero-order valence-corrected chi connectivity index (χ0v) is 31.6. The van der Waals surface area contributed by atoms with E-state index in [0.717, 1.165) is 11.1 Å². The fourth-order valence-corrected chi connectivity index (χ4v) is 10.3. The van der Waals surface area contributed by atoms with Gasteiger partial charge in [-0.05, 0) is 85.4 Å². The summed E-state index contributed by atoms with van der Waals surface area (Å²) in [7, 11) is 0. The minimum absolute atomic E-state index is 0.125. The lowest BCUT2D eigenvalue weighted by molar-refractivity contribution is -0.135. The van der Waals surface area contributed by atoms with Crippen LogP contribution >= 0.6 is 0 Å². The topological polar surface area (TPSA) is 127 Å². The molecule has 3 aliphatic carbocycles. The number of aromatic hydroxyl groups is 1. The predicted octanol–water partition coefficient (Wildman–Crippen LogP) is 8.63. The molecule has 0 radical (unpaired) electrons. The largest absolute Gasteiger partial charge is 0.504 e. The van der Waals surface area contributed by atoms with E-state index in [-0.39, 0.29) is 47.7 Å². The van der Waals surface area contributed by atoms with Gasteiger partial charge in [-0.2, -0.15) is 0 Å². The van der Waals surface area contributed by atoms with Gasteiger partial charge in [0.25, 0.3) is 0 Å². The fraction of sp³-hybridized carbons (Fsp3) is 0.204. The van der Waals surface area contributed by atoms with Crippen molar-refractivity contribution in [2.75, 3.05) is 11.5 Å². The minimum atomic E-state index is -1.47. The van der Waals surface area contributed by atoms with Crippen molar-refractivity contribution in [2.45, 2.75) is 31.1 Å². The number of carbonyl (C=O) groups excluding carboxylic acids is 4. The normalized spacial score (nSPS) is 25.2. The van der Waals surface area contributed by atoms with Gasteiger partial charge in [-0.1, -0.05) is 96.6 Å². The zero-order valence-electron chi connectivity index (χ0n) is 31.6. The van der Waals surface area contributed by atoms with Crippen LogP contribution in [-0.2, 0) is 24.6 Å². The number of oxazole rings is 1. The summed E-state index contributed by atoms with van der Waals surface area (Å²) in [6.07, 6.45) is 3.87. The van der Waals surface area contributed by atoms with Crippen LogP contribution in [0.1, 0.15) is 42.4 Å². The molecule has 6 atom stereocenters. The van der Waals surface area contributed by atoms with E-state index >= 15 is 9.59 Å². The number of carbonyl (C=O) groups is 4. The first-order chi connectivity index (χ1) is 28.3. The molecule has 1 N–H and O–H groups in total. The van der Waals surface area contributed by atoms with Crippen molar-refractivity contribution in [1.82, 2.24) is 4.98 Å². The number of ether oxygens (including phenoxy) is 1. The maximum Gasteiger partial charge on any atom is 0.238 e. The molecule has 0 spiro atoms. The summed E-state index contributed by atoms with van der Waals surface area (Å²) in [4.78, 5) is 65.7. The lowest BCUT2D eigenvalue weighted by atomic mass is 9.44. The Balaban J connectivity index is 1.11. The van der Waals surface area contributed by atoms with Crippen LogP contribution in [0.5, 0.6) is 11.5 Å². The Kier molecular flexibility index (Phi) is 8.37. The Morgan fingerprint density at radius 2 is 1.52 bits per heavy atom. The van der Waals surface area contributed by atoms with Gasteiger partial charge in [0.2, 0.25) is 17.7 Å². The maximum atomic E-state index is 15.3. The van der Waals surface area contributed by atoms with Crippen molar-refractivity contribution < 1.29 is 33.4 Å². The highest BCUT2D eigenvalue weighted by Gasteiger charge is 2.66. The molecule has 4 aliphatic rings. The van der Waals surface area contributed by atoms with Gasteiger partial charge in [-0.3, -0.25) is 24.1 Å². The third-order valence-corrected chi connectivity index (χ3v) is 12.7. The number of allylic oxidation sites excluding steroid dienone is 4. The van der Waals surface area contributed by atoms with Crippen molar-refractivity contribution in [3.8, 4) is 23.0 Å². The third kappa shape index (κ3) is 5.19. The average molecular weight is 767 g/mol. The first-order valence-corrected chi connectivity index (χ1v) is 19.7. The first kappa shape index (κ1) is 35.5. The molecular formula is C49H38N2O7. The number of aromatic nitrogens is 1. The number of ketones is 2. The SMILES string of the molecule is CCOc1cccc(C2C3=CCC4C(=O)N(c5ccc(-c6nc7ccccc7o6)cc5)C(=O)C4C3CC3C(=O)C(c4ccccc4)=CC(=O)C32c2ccccc2)c1O. The molecule has 1 saturated carbocycles. The molecule has 58 heavy (non-hydrogen) atoms. The lowest BCUT2D eigenvalue weighted by Gasteiger charge is -2.55. The molecule has 6 aromatic rings. The summed E-state index contributed by atoms with van der Waals surface area (Å²) in [5.41, 5.74) is 3.80. The van der Waals surface area contributed by atoms with E-state index in [1.54, 1.807) is 42.5 Å². The summed E-state index contributed by atoms with van der Waals surface area (Å²) in [6, 6.07) is 38.2. The second-order valence-electron chi connectivity index (χ2n) is 15.5. The summed E-state index contributed by atoms with van der Waals surface area (Å²) in [5.74, 6) is -4.45. The Hall–Kier alpha value is -6.87. The highest BCUT2D eigenvalue weighted by atomic mass is 16.5. The number of imide groups is 1. The van der Waals surface area contributed by atoms with Crippen LogP contribution in [0, 0.1) is 23.7 Å². The molecule has 2 heterocycles. The van der Waals surface area contributed by atoms with Crippen LogP contribution in [0.2, 0.25) is 0 Å². The van der Waals surface area contributed by atoms with Crippen molar-refractivity contribution in [3.05, 3.63) is 162 Å². The Morgan fingerprint density at radius 1 is 0.793 bits per heavy atom. The quantitative estimate of drug-likeness (QED) is 0.126. The van der Waals surface area contributed by atoms with Gasteiger partial charge in [-0.25, -0.2) is 4.98 Å². The van der Waals surface area contributed by atoms with Crippen LogP contribution in [-0.4, -0.2) is 40.1 Å². The number of fused-ring (bicyclic) bond motifs is 5. The molecule has 1 saturated heterocycles. The van der Waals surface area contributed by atoms with Crippen molar-refractivity contribution in [2.24, 2.45) is 23.7 Å². The number of hydrogen-bond donors (Lipinski definition) is 1. The summed E-state index contributed by atoms with van der Waals surface area (Å²) < 4.78 is 11.8. The number of Topliss-reactive ketones (excluding diaryl/α,β-unsaturated/α-hetero) is 1. The Labute approximate surface area is 334 Å². The van der Waals surface area contributed by atoms with E-state index in [1.807, 2.05) is 97.9 Å². The number of nitrogens with zero attached hydrogens (tertiary/aromatic N) is 2. The molecule has 9 heteroatoms. The monoisotopic (exact) mass is 766 g/mol. The summed E-state index contributed by atoms with van der Waals surface area (Å²) in [5, 5.41) is 12.0. The number of anilines is 1. The van der Waals surface area contributed by atoms with Gasteiger partial charge in [0.05, 0.1) is 29.5 Å². The molecule has 1 aliphatic heterocycles. The van der Waals surface area contributed by atoms with E-state index in [2.05, 4.69) is 4.98 Å². The predicted molar refractivity (Wildman–Crippen MR) is 218 cm³/mol. The van der Waals surface area contributed by atoms with E-state index in [1.165, 1.54) is 11.0 Å². The van der Waals surface area contributed by atoms with Gasteiger partial charge in [0.15, 0.2) is 28.6 Å². The maximum absolute atomic E-state index is 15.3.